The predicted molar refractivity (Wildman–Crippen MR) is 74.0 cm³/mol. The zero-order chi connectivity index (χ0) is 16.6. The maximum absolute atomic E-state index is 10.1. The lowest BCUT2D eigenvalue weighted by atomic mass is 9.95. The van der Waals surface area contributed by atoms with Crippen molar-refractivity contribution in [3.8, 4) is 0 Å². The van der Waals surface area contributed by atoms with Crippen LogP contribution in [0.4, 0.5) is 0 Å². The number of rotatable bonds is 3. The molecule has 10 atom stereocenters. The van der Waals surface area contributed by atoms with Crippen molar-refractivity contribution in [3.63, 3.8) is 0 Å². The highest BCUT2D eigenvalue weighted by atomic mass is 16.7. The molecule has 0 saturated carbocycles. The Labute approximate surface area is 129 Å². The van der Waals surface area contributed by atoms with Crippen molar-refractivity contribution in [1.29, 1.82) is 0 Å². The average Bonchev–Trinajstić information content (AvgIpc) is 2.46. The van der Waals surface area contributed by atoms with Gasteiger partial charge < -0.3 is 39.4 Å². The first-order chi connectivity index (χ1) is 10.3. The minimum absolute atomic E-state index is 0.503. The SMILES string of the molecule is CO[C@@H]1C(C)O[C@@H](O[C@@H]2C(C)OC(C)C(O)[C@H]2O)C(O)[C@@H]1O. The van der Waals surface area contributed by atoms with Crippen LogP contribution < -0.4 is 0 Å². The molecule has 0 aromatic heterocycles. The highest BCUT2D eigenvalue weighted by Gasteiger charge is 2.48. The number of methoxy groups -OCH3 is 1. The zero-order valence-corrected chi connectivity index (χ0v) is 13.2. The first-order valence-electron chi connectivity index (χ1n) is 7.49. The summed E-state index contributed by atoms with van der Waals surface area (Å²) in [6.07, 6.45) is -9.04. The fourth-order valence-corrected chi connectivity index (χ4v) is 3.04. The second kappa shape index (κ2) is 7.06. The Bertz CT molecular complexity index is 367. The molecular formula is C14H26O8. The second-order valence-corrected chi connectivity index (χ2v) is 6.02. The summed E-state index contributed by atoms with van der Waals surface area (Å²) >= 11 is 0. The first-order valence-corrected chi connectivity index (χ1v) is 7.49. The molecule has 0 spiro atoms. The van der Waals surface area contributed by atoms with E-state index in [2.05, 4.69) is 0 Å². The lowest BCUT2D eigenvalue weighted by molar-refractivity contribution is -0.335. The minimum atomic E-state index is -1.34. The summed E-state index contributed by atoms with van der Waals surface area (Å²) in [4.78, 5) is 0. The Morgan fingerprint density at radius 2 is 1.23 bits per heavy atom. The summed E-state index contributed by atoms with van der Waals surface area (Å²) in [5.41, 5.74) is 0. The molecule has 0 radical (unpaired) electrons. The number of aliphatic hydroxyl groups excluding tert-OH is 4. The van der Waals surface area contributed by atoms with E-state index in [1.165, 1.54) is 7.11 Å². The fraction of sp³-hybridized carbons (Fsp3) is 1.00. The van der Waals surface area contributed by atoms with E-state index in [9.17, 15) is 20.4 Å². The predicted octanol–water partition coefficient (Wildman–Crippen LogP) is -1.62. The van der Waals surface area contributed by atoms with Crippen LogP contribution in [0.2, 0.25) is 0 Å². The molecular weight excluding hydrogens is 296 g/mol. The minimum Gasteiger partial charge on any atom is -0.388 e. The van der Waals surface area contributed by atoms with Crippen LogP contribution in [0.3, 0.4) is 0 Å². The van der Waals surface area contributed by atoms with Crippen LogP contribution in [-0.4, -0.2) is 88.8 Å². The normalized spacial score (nSPS) is 53.5. The Kier molecular flexibility index (Phi) is 5.79. The van der Waals surface area contributed by atoms with Crippen LogP contribution in [0.5, 0.6) is 0 Å². The molecule has 2 rings (SSSR count). The van der Waals surface area contributed by atoms with E-state index in [4.69, 9.17) is 18.9 Å². The molecule has 0 aromatic rings. The molecule has 22 heavy (non-hydrogen) atoms. The number of ether oxygens (including phenoxy) is 4. The molecule has 2 fully saturated rings. The monoisotopic (exact) mass is 322 g/mol. The highest BCUT2D eigenvalue weighted by Crippen LogP contribution is 2.29. The summed E-state index contributed by atoms with van der Waals surface area (Å²) in [5.74, 6) is 0. The molecule has 2 aliphatic heterocycles. The standard InChI is InChI=1S/C14H26O8/c1-5-8(15)9(16)13(7(3)20-5)22-14-11(18)10(17)12(19-4)6(2)21-14/h5-18H,1-4H3/t5?,6?,7?,8?,9-,10+,11?,12-,13-,14+/m1/s1. The maximum atomic E-state index is 10.1. The Morgan fingerprint density at radius 3 is 1.82 bits per heavy atom. The van der Waals surface area contributed by atoms with Gasteiger partial charge in [0.15, 0.2) is 6.29 Å². The van der Waals surface area contributed by atoms with Crippen molar-refractivity contribution in [2.24, 2.45) is 0 Å². The van der Waals surface area contributed by atoms with Gasteiger partial charge in [-0.15, -0.1) is 0 Å². The van der Waals surface area contributed by atoms with E-state index < -0.39 is 61.2 Å². The van der Waals surface area contributed by atoms with Crippen LogP contribution in [0, 0.1) is 0 Å². The molecule has 4 N–H and O–H groups in total. The number of aliphatic hydroxyl groups is 4. The van der Waals surface area contributed by atoms with E-state index in [-0.39, 0.29) is 0 Å². The third kappa shape index (κ3) is 3.29. The maximum Gasteiger partial charge on any atom is 0.187 e. The van der Waals surface area contributed by atoms with Crippen LogP contribution in [0.1, 0.15) is 20.8 Å². The zero-order valence-electron chi connectivity index (χ0n) is 13.2. The third-order valence-electron chi connectivity index (χ3n) is 4.40. The summed E-state index contributed by atoms with van der Waals surface area (Å²) < 4.78 is 21.7. The van der Waals surface area contributed by atoms with Gasteiger partial charge >= 0.3 is 0 Å². The summed E-state index contributed by atoms with van der Waals surface area (Å²) in [6, 6.07) is 0. The van der Waals surface area contributed by atoms with E-state index >= 15 is 0 Å². The van der Waals surface area contributed by atoms with Crippen LogP contribution in [-0.2, 0) is 18.9 Å². The van der Waals surface area contributed by atoms with Gasteiger partial charge in [-0.05, 0) is 20.8 Å². The van der Waals surface area contributed by atoms with Crippen molar-refractivity contribution < 1.29 is 39.4 Å². The number of hydrogen-bond donors (Lipinski definition) is 4. The Balaban J connectivity index is 2.06. The summed E-state index contributed by atoms with van der Waals surface area (Å²) in [5, 5.41) is 40.2. The topological polar surface area (TPSA) is 118 Å². The van der Waals surface area contributed by atoms with Gasteiger partial charge in [-0.2, -0.15) is 0 Å². The van der Waals surface area contributed by atoms with E-state index in [0.717, 1.165) is 0 Å². The molecule has 130 valence electrons. The van der Waals surface area contributed by atoms with Crippen LogP contribution in [0.15, 0.2) is 0 Å². The second-order valence-electron chi connectivity index (χ2n) is 6.02. The smallest absolute Gasteiger partial charge is 0.187 e. The fourth-order valence-electron chi connectivity index (χ4n) is 3.04. The molecule has 5 unspecified atom stereocenters. The Morgan fingerprint density at radius 1 is 0.682 bits per heavy atom. The molecule has 0 bridgehead atoms. The van der Waals surface area contributed by atoms with E-state index in [1.807, 2.05) is 0 Å². The number of hydrogen-bond acceptors (Lipinski definition) is 8. The summed E-state index contributed by atoms with van der Waals surface area (Å²) in [7, 11) is 1.42. The molecule has 0 aliphatic carbocycles. The average molecular weight is 322 g/mol. The third-order valence-corrected chi connectivity index (χ3v) is 4.40. The summed E-state index contributed by atoms with van der Waals surface area (Å²) in [6.45, 7) is 5.04. The van der Waals surface area contributed by atoms with Crippen molar-refractivity contribution >= 4 is 0 Å². The van der Waals surface area contributed by atoms with Crippen molar-refractivity contribution in [2.75, 3.05) is 7.11 Å². The first kappa shape index (κ1) is 18.0. The van der Waals surface area contributed by atoms with Gasteiger partial charge in [-0.3, -0.25) is 0 Å². The molecule has 2 saturated heterocycles. The van der Waals surface area contributed by atoms with Gasteiger partial charge in [0.1, 0.15) is 36.6 Å². The highest BCUT2D eigenvalue weighted by molar-refractivity contribution is 4.93. The van der Waals surface area contributed by atoms with Gasteiger partial charge in [0.25, 0.3) is 0 Å². The molecule has 0 aromatic carbocycles. The van der Waals surface area contributed by atoms with E-state index in [0.29, 0.717) is 0 Å². The van der Waals surface area contributed by atoms with E-state index in [1.54, 1.807) is 20.8 Å². The lowest BCUT2D eigenvalue weighted by Gasteiger charge is -2.45. The van der Waals surface area contributed by atoms with Crippen molar-refractivity contribution in [2.45, 2.75) is 82.0 Å². The quantitative estimate of drug-likeness (QED) is 0.490. The van der Waals surface area contributed by atoms with Crippen LogP contribution >= 0.6 is 0 Å². The van der Waals surface area contributed by atoms with Gasteiger partial charge in [0.05, 0.1) is 18.3 Å². The van der Waals surface area contributed by atoms with Gasteiger partial charge in [0, 0.05) is 7.11 Å². The molecule has 2 aliphatic rings. The van der Waals surface area contributed by atoms with Gasteiger partial charge in [-0.1, -0.05) is 0 Å². The molecule has 0 amide bonds. The van der Waals surface area contributed by atoms with Crippen molar-refractivity contribution in [1.82, 2.24) is 0 Å². The van der Waals surface area contributed by atoms with Gasteiger partial charge in [0.2, 0.25) is 0 Å². The molecule has 8 heteroatoms. The Hall–Kier alpha value is -0.320. The molecule has 8 nitrogen and oxygen atoms in total. The molecule has 2 heterocycles. The van der Waals surface area contributed by atoms with Crippen LogP contribution in [0.25, 0.3) is 0 Å². The lowest BCUT2D eigenvalue weighted by Crippen LogP contribution is -2.62. The largest absolute Gasteiger partial charge is 0.388 e. The van der Waals surface area contributed by atoms with Gasteiger partial charge in [-0.25, -0.2) is 0 Å². The van der Waals surface area contributed by atoms with Crippen molar-refractivity contribution in [3.05, 3.63) is 0 Å².